The Morgan fingerprint density at radius 1 is 0.231 bits per heavy atom. The van der Waals surface area contributed by atoms with Gasteiger partial charge in [0.2, 0.25) is 0 Å². The quantitative estimate of drug-likeness (QED) is 0.164. The van der Waals surface area contributed by atoms with Crippen LogP contribution in [0.1, 0.15) is 0 Å². The average Bonchev–Trinajstić information content (AvgIpc) is 3.92. The average molecular weight is 661 g/mol. The molecule has 8 aromatic carbocycles. The summed E-state index contributed by atoms with van der Waals surface area (Å²) in [7, 11) is 0. The minimum atomic E-state index is 1.17. The predicted octanol–water partition coefficient (Wildman–Crippen LogP) is 12.4. The summed E-state index contributed by atoms with van der Waals surface area (Å²) >= 11 is 0. The number of nitrogens with zero attached hydrogens (tertiary/aromatic N) is 4. The van der Waals surface area contributed by atoms with E-state index in [-0.39, 0.29) is 0 Å². The number of rotatable bonds is 2. The maximum absolute atomic E-state index is 2.54. The van der Waals surface area contributed by atoms with Crippen LogP contribution in [0.3, 0.4) is 0 Å². The lowest BCUT2D eigenvalue weighted by molar-refractivity contribution is 1.18. The standard InChI is InChI=1S/C48H28N4/c1-3-13-29(14-4-1)49-39-21-9-7-17-31(39)35-25-45-37(27-43(35)49)33-19-11-23-41-47(33)51(45)42-24-12-20-34-38-28-44-36(26-46(38)52(41)48(34)42)32-18-8-10-22-40(32)50(44)30-15-5-2-6-16-30/h1-28H. The van der Waals surface area contributed by atoms with Crippen molar-refractivity contribution in [2.45, 2.75) is 0 Å². The normalized spacial score (nSPS) is 12.6. The smallest absolute Gasteiger partial charge is 0.0783 e. The Kier molecular flexibility index (Phi) is 4.83. The van der Waals surface area contributed by atoms with Crippen LogP contribution in [0.5, 0.6) is 0 Å². The minimum absolute atomic E-state index is 1.17. The Labute approximate surface area is 296 Å². The maximum atomic E-state index is 2.54. The van der Waals surface area contributed by atoms with Crippen molar-refractivity contribution < 1.29 is 0 Å². The predicted molar refractivity (Wildman–Crippen MR) is 218 cm³/mol. The van der Waals surface area contributed by atoms with E-state index < -0.39 is 0 Å². The van der Waals surface area contributed by atoms with Crippen LogP contribution >= 0.6 is 0 Å². The second-order valence-electron chi connectivity index (χ2n) is 14.2. The number of fused-ring (bicyclic) bond motifs is 14. The Balaban J connectivity index is 1.22. The van der Waals surface area contributed by atoms with Gasteiger partial charge in [0.1, 0.15) is 0 Å². The van der Waals surface area contributed by atoms with Gasteiger partial charge in [-0.15, -0.1) is 0 Å². The fourth-order valence-corrected chi connectivity index (χ4v) is 9.59. The number of hydrogen-bond donors (Lipinski definition) is 0. The van der Waals surface area contributed by atoms with Gasteiger partial charge in [0, 0.05) is 54.5 Å². The van der Waals surface area contributed by atoms with Gasteiger partial charge in [0.05, 0.1) is 55.2 Å². The molecule has 0 spiro atoms. The molecule has 0 saturated carbocycles. The number of aromatic nitrogens is 4. The number of para-hydroxylation sites is 6. The Morgan fingerprint density at radius 2 is 0.577 bits per heavy atom. The van der Waals surface area contributed by atoms with E-state index in [1.165, 1.54) is 110 Å². The van der Waals surface area contributed by atoms with E-state index in [0.29, 0.717) is 0 Å². The lowest BCUT2D eigenvalue weighted by Gasteiger charge is -2.11. The molecule has 0 atom stereocenters. The summed E-state index contributed by atoms with van der Waals surface area (Å²) < 4.78 is 9.92. The van der Waals surface area contributed by atoms with Gasteiger partial charge < -0.3 is 17.9 Å². The third-order valence-electron chi connectivity index (χ3n) is 11.6. The summed E-state index contributed by atoms with van der Waals surface area (Å²) in [5, 5.41) is 10.1. The van der Waals surface area contributed by atoms with Crippen molar-refractivity contribution in [1.82, 2.24) is 17.9 Å². The number of benzene rings is 8. The van der Waals surface area contributed by atoms with Crippen LogP contribution in [0.2, 0.25) is 0 Å². The van der Waals surface area contributed by atoms with Crippen LogP contribution in [0.25, 0.3) is 110 Å². The van der Waals surface area contributed by atoms with Gasteiger partial charge in [0.15, 0.2) is 0 Å². The van der Waals surface area contributed by atoms with Gasteiger partial charge >= 0.3 is 0 Å². The SMILES string of the molecule is c1ccc(-n2c3ccccc3c3cc4c(cc32)c2cccc3c2n4c2cccc4c5cc6c(cc5n3c42)c2ccccc2n6-c2ccccc2)cc1. The van der Waals surface area contributed by atoms with Crippen LogP contribution in [0.4, 0.5) is 0 Å². The van der Waals surface area contributed by atoms with E-state index in [1.54, 1.807) is 0 Å². The molecule has 240 valence electrons. The maximum Gasteiger partial charge on any atom is 0.0783 e. The molecule has 4 heteroatoms. The molecule has 13 aromatic rings. The first-order valence-corrected chi connectivity index (χ1v) is 18.0. The summed E-state index contributed by atoms with van der Waals surface area (Å²) in [5.41, 5.74) is 14.7. The first-order valence-electron chi connectivity index (χ1n) is 18.0. The van der Waals surface area contributed by atoms with Gasteiger partial charge in [0.25, 0.3) is 0 Å². The molecule has 0 saturated heterocycles. The molecule has 5 heterocycles. The largest absolute Gasteiger partial charge is 0.309 e. The van der Waals surface area contributed by atoms with E-state index in [4.69, 9.17) is 0 Å². The van der Waals surface area contributed by atoms with Gasteiger partial charge in [-0.1, -0.05) is 97.1 Å². The van der Waals surface area contributed by atoms with Crippen molar-refractivity contribution in [2.24, 2.45) is 0 Å². The van der Waals surface area contributed by atoms with Crippen molar-refractivity contribution in [3.05, 3.63) is 170 Å². The van der Waals surface area contributed by atoms with E-state index in [2.05, 4.69) is 188 Å². The number of hydrogen-bond acceptors (Lipinski definition) is 0. The molecule has 52 heavy (non-hydrogen) atoms. The van der Waals surface area contributed by atoms with Gasteiger partial charge in [-0.3, -0.25) is 0 Å². The van der Waals surface area contributed by atoms with Crippen molar-refractivity contribution in [1.29, 1.82) is 0 Å². The summed E-state index contributed by atoms with van der Waals surface area (Å²) in [5.74, 6) is 0. The highest BCUT2D eigenvalue weighted by atomic mass is 15.0. The topological polar surface area (TPSA) is 18.7 Å². The molecule has 0 radical (unpaired) electrons. The van der Waals surface area contributed by atoms with Crippen molar-refractivity contribution >= 4 is 98.3 Å². The van der Waals surface area contributed by atoms with Crippen molar-refractivity contribution in [2.75, 3.05) is 0 Å². The van der Waals surface area contributed by atoms with Crippen LogP contribution in [-0.2, 0) is 0 Å². The van der Waals surface area contributed by atoms with Crippen LogP contribution in [0, 0.1) is 0 Å². The highest BCUT2D eigenvalue weighted by Gasteiger charge is 2.24. The summed E-state index contributed by atoms with van der Waals surface area (Å²) in [6.07, 6.45) is 0. The van der Waals surface area contributed by atoms with E-state index in [0.717, 1.165) is 0 Å². The monoisotopic (exact) mass is 660 g/mol. The fourth-order valence-electron chi connectivity index (χ4n) is 9.59. The lowest BCUT2D eigenvalue weighted by atomic mass is 10.1. The fraction of sp³-hybridized carbons (Fsp3) is 0. The second kappa shape index (κ2) is 9.39. The summed E-state index contributed by atoms with van der Waals surface area (Å²) in [4.78, 5) is 0. The van der Waals surface area contributed by atoms with Gasteiger partial charge in [-0.2, -0.15) is 0 Å². The lowest BCUT2D eigenvalue weighted by Crippen LogP contribution is -1.96. The molecule has 5 aromatic heterocycles. The molecule has 13 rings (SSSR count). The molecule has 0 bridgehead atoms. The molecular formula is C48H28N4. The second-order valence-corrected chi connectivity index (χ2v) is 14.2. The first kappa shape index (κ1) is 26.8. The summed E-state index contributed by atoms with van der Waals surface area (Å²) in [6.45, 7) is 0. The molecule has 0 fully saturated rings. The molecule has 0 amide bonds. The van der Waals surface area contributed by atoms with Crippen molar-refractivity contribution in [3.8, 4) is 11.4 Å². The third-order valence-corrected chi connectivity index (χ3v) is 11.6. The minimum Gasteiger partial charge on any atom is -0.309 e. The Hall–Kier alpha value is -7.04. The third kappa shape index (κ3) is 3.15. The van der Waals surface area contributed by atoms with Crippen LogP contribution in [0.15, 0.2) is 170 Å². The molecule has 0 aliphatic carbocycles. The molecule has 0 N–H and O–H groups in total. The highest BCUT2D eigenvalue weighted by molar-refractivity contribution is 6.26. The van der Waals surface area contributed by atoms with E-state index >= 15 is 0 Å². The summed E-state index contributed by atoms with van der Waals surface area (Å²) in [6, 6.07) is 62.6. The molecular weight excluding hydrogens is 633 g/mol. The Bertz CT molecular complexity index is 3370. The Morgan fingerprint density at radius 3 is 1.04 bits per heavy atom. The molecule has 4 nitrogen and oxygen atoms in total. The zero-order valence-electron chi connectivity index (χ0n) is 28.0. The first-order chi connectivity index (χ1) is 25.8. The zero-order valence-corrected chi connectivity index (χ0v) is 28.0. The molecule has 0 aliphatic rings. The van der Waals surface area contributed by atoms with Gasteiger partial charge in [-0.05, 0) is 72.8 Å². The van der Waals surface area contributed by atoms with Crippen molar-refractivity contribution in [3.63, 3.8) is 0 Å². The van der Waals surface area contributed by atoms with E-state index in [9.17, 15) is 0 Å². The van der Waals surface area contributed by atoms with Crippen LogP contribution < -0.4 is 0 Å². The zero-order chi connectivity index (χ0) is 33.7. The highest BCUT2D eigenvalue weighted by Crippen LogP contribution is 2.45. The van der Waals surface area contributed by atoms with E-state index in [1.807, 2.05) is 0 Å². The van der Waals surface area contributed by atoms with Gasteiger partial charge in [-0.25, -0.2) is 0 Å². The van der Waals surface area contributed by atoms with Crippen LogP contribution in [-0.4, -0.2) is 17.9 Å². The molecule has 0 aliphatic heterocycles. The molecule has 0 unspecified atom stereocenters.